The Bertz CT molecular complexity index is 594. The molecule has 0 aromatic heterocycles. The predicted molar refractivity (Wildman–Crippen MR) is 92.6 cm³/mol. The van der Waals surface area contributed by atoms with Gasteiger partial charge in [-0.25, -0.2) is 4.79 Å². The maximum absolute atomic E-state index is 12.4. The van der Waals surface area contributed by atoms with Gasteiger partial charge in [-0.2, -0.15) is 0 Å². The van der Waals surface area contributed by atoms with Gasteiger partial charge in [0.25, 0.3) is 0 Å². The van der Waals surface area contributed by atoms with Crippen molar-refractivity contribution in [2.45, 2.75) is 38.6 Å². The van der Waals surface area contributed by atoms with Crippen LogP contribution in [0.1, 0.15) is 32.6 Å². The van der Waals surface area contributed by atoms with Crippen LogP contribution < -0.4 is 4.74 Å². The predicted octanol–water partition coefficient (Wildman–Crippen LogP) is 3.71. The maximum Gasteiger partial charge on any atom is 0.328 e. The van der Waals surface area contributed by atoms with Crippen LogP contribution in [0.4, 0.5) is 0 Å². The molecule has 5 nitrogen and oxygen atoms in total. The van der Waals surface area contributed by atoms with Gasteiger partial charge in [-0.05, 0) is 38.3 Å². The molecule has 0 aliphatic carbocycles. The van der Waals surface area contributed by atoms with Gasteiger partial charge in [0.15, 0.2) is 0 Å². The molecule has 1 saturated heterocycles. The first-order chi connectivity index (χ1) is 11.5. The van der Waals surface area contributed by atoms with Crippen molar-refractivity contribution in [3.05, 3.63) is 28.2 Å². The Balaban J connectivity index is 1.90. The van der Waals surface area contributed by atoms with Gasteiger partial charge in [-0.1, -0.05) is 29.3 Å². The molecular weight excluding hydrogens is 353 g/mol. The second-order valence-electron chi connectivity index (χ2n) is 5.50. The Kier molecular flexibility index (Phi) is 7.18. The molecule has 1 amide bonds. The summed E-state index contributed by atoms with van der Waals surface area (Å²) in [6, 6.07) is 4.61. The van der Waals surface area contributed by atoms with E-state index < -0.39 is 6.04 Å². The SMILES string of the molecule is CCOC(=O)C1CCCCN1C(=O)CCOc1cccc(Cl)c1Cl. The first kappa shape index (κ1) is 18.9. The van der Waals surface area contributed by atoms with Crippen LogP contribution in [0.15, 0.2) is 18.2 Å². The smallest absolute Gasteiger partial charge is 0.328 e. The summed E-state index contributed by atoms with van der Waals surface area (Å²) >= 11 is 12.0. The molecule has 1 unspecified atom stereocenters. The van der Waals surface area contributed by atoms with Gasteiger partial charge < -0.3 is 14.4 Å². The standard InChI is InChI=1S/C17H21Cl2NO4/c1-2-23-17(22)13-7-3-4-10-20(13)15(21)9-11-24-14-8-5-6-12(18)16(14)19/h5-6,8,13H,2-4,7,9-11H2,1H3. The van der Waals surface area contributed by atoms with Crippen molar-refractivity contribution in [2.24, 2.45) is 0 Å². The van der Waals surface area contributed by atoms with Crippen LogP contribution >= 0.6 is 23.2 Å². The molecule has 1 aliphatic heterocycles. The third kappa shape index (κ3) is 4.77. The molecule has 132 valence electrons. The van der Waals surface area contributed by atoms with E-state index in [-0.39, 0.29) is 24.9 Å². The Morgan fingerprint density at radius 1 is 1.29 bits per heavy atom. The Labute approximate surface area is 151 Å². The highest BCUT2D eigenvalue weighted by Gasteiger charge is 2.32. The Morgan fingerprint density at radius 2 is 2.08 bits per heavy atom. The lowest BCUT2D eigenvalue weighted by Gasteiger charge is -2.34. The molecule has 1 fully saturated rings. The number of carbonyl (C=O) groups excluding carboxylic acids is 2. The van der Waals surface area contributed by atoms with E-state index in [1.807, 2.05) is 0 Å². The van der Waals surface area contributed by atoms with Gasteiger partial charge >= 0.3 is 5.97 Å². The van der Waals surface area contributed by atoms with Crippen molar-refractivity contribution in [1.29, 1.82) is 0 Å². The lowest BCUT2D eigenvalue weighted by atomic mass is 10.0. The zero-order chi connectivity index (χ0) is 17.5. The molecule has 0 spiro atoms. The van der Waals surface area contributed by atoms with Crippen LogP contribution in [0.2, 0.25) is 10.0 Å². The molecule has 1 aromatic rings. The minimum atomic E-state index is -0.485. The summed E-state index contributed by atoms with van der Waals surface area (Å²) in [7, 11) is 0. The van der Waals surface area contributed by atoms with E-state index >= 15 is 0 Å². The first-order valence-corrected chi connectivity index (χ1v) is 8.83. The highest BCUT2D eigenvalue weighted by Crippen LogP contribution is 2.31. The number of halogens is 2. The van der Waals surface area contributed by atoms with Crippen molar-refractivity contribution >= 4 is 35.1 Å². The minimum absolute atomic E-state index is 0.120. The number of benzene rings is 1. The van der Waals surface area contributed by atoms with Crippen LogP contribution in [-0.4, -0.2) is 42.6 Å². The van der Waals surface area contributed by atoms with Crippen molar-refractivity contribution in [3.8, 4) is 5.75 Å². The average Bonchev–Trinajstić information content (AvgIpc) is 2.58. The molecule has 0 saturated carbocycles. The normalized spacial score (nSPS) is 17.5. The molecule has 0 radical (unpaired) electrons. The van der Waals surface area contributed by atoms with Crippen LogP contribution in [0.3, 0.4) is 0 Å². The van der Waals surface area contributed by atoms with Gasteiger partial charge in [-0.3, -0.25) is 4.79 Å². The topological polar surface area (TPSA) is 55.8 Å². The number of hydrogen-bond acceptors (Lipinski definition) is 4. The van der Waals surface area contributed by atoms with E-state index in [0.29, 0.717) is 35.4 Å². The van der Waals surface area contributed by atoms with E-state index in [2.05, 4.69) is 0 Å². The molecular formula is C17H21Cl2NO4. The zero-order valence-electron chi connectivity index (χ0n) is 13.6. The van der Waals surface area contributed by atoms with Gasteiger partial charge in [0, 0.05) is 6.54 Å². The first-order valence-electron chi connectivity index (χ1n) is 8.07. The number of likely N-dealkylation sites (tertiary alicyclic amines) is 1. The molecule has 1 atom stereocenters. The number of esters is 1. The summed E-state index contributed by atoms with van der Waals surface area (Å²) in [6.45, 7) is 2.81. The van der Waals surface area contributed by atoms with Gasteiger partial charge in [0.1, 0.15) is 16.8 Å². The fraction of sp³-hybridized carbons (Fsp3) is 0.529. The van der Waals surface area contributed by atoms with Gasteiger partial charge in [0.2, 0.25) is 5.91 Å². The summed E-state index contributed by atoms with van der Waals surface area (Å²) in [5.74, 6) is -0.00666. The maximum atomic E-state index is 12.4. The molecule has 7 heteroatoms. The highest BCUT2D eigenvalue weighted by atomic mass is 35.5. The Hall–Kier alpha value is -1.46. The third-order valence-electron chi connectivity index (χ3n) is 3.87. The largest absolute Gasteiger partial charge is 0.491 e. The molecule has 24 heavy (non-hydrogen) atoms. The van der Waals surface area contributed by atoms with Crippen LogP contribution in [0.5, 0.6) is 5.75 Å². The molecule has 0 N–H and O–H groups in total. The van der Waals surface area contributed by atoms with Crippen molar-refractivity contribution in [2.75, 3.05) is 19.8 Å². The van der Waals surface area contributed by atoms with Crippen LogP contribution in [0.25, 0.3) is 0 Å². The molecule has 1 heterocycles. The number of amides is 1. The van der Waals surface area contributed by atoms with Gasteiger partial charge in [0.05, 0.1) is 24.7 Å². The highest BCUT2D eigenvalue weighted by molar-refractivity contribution is 6.42. The van der Waals surface area contributed by atoms with E-state index in [1.54, 1.807) is 30.0 Å². The Morgan fingerprint density at radius 3 is 2.83 bits per heavy atom. The molecule has 1 aromatic carbocycles. The van der Waals surface area contributed by atoms with Gasteiger partial charge in [-0.15, -0.1) is 0 Å². The van der Waals surface area contributed by atoms with Crippen LogP contribution in [0, 0.1) is 0 Å². The average molecular weight is 374 g/mol. The third-order valence-corrected chi connectivity index (χ3v) is 4.67. The van der Waals surface area contributed by atoms with Crippen LogP contribution in [-0.2, 0) is 14.3 Å². The quantitative estimate of drug-likeness (QED) is 0.713. The number of ether oxygens (including phenoxy) is 2. The van der Waals surface area contributed by atoms with Crippen molar-refractivity contribution < 1.29 is 19.1 Å². The molecule has 0 bridgehead atoms. The monoisotopic (exact) mass is 373 g/mol. The van der Waals surface area contributed by atoms with E-state index in [4.69, 9.17) is 32.7 Å². The second kappa shape index (κ2) is 9.14. The summed E-state index contributed by atoms with van der Waals surface area (Å²) in [5.41, 5.74) is 0. The lowest BCUT2D eigenvalue weighted by Crippen LogP contribution is -2.49. The van der Waals surface area contributed by atoms with E-state index in [9.17, 15) is 9.59 Å². The summed E-state index contributed by atoms with van der Waals surface area (Å²) in [6.07, 6.45) is 2.62. The number of piperidine rings is 1. The van der Waals surface area contributed by atoms with E-state index in [1.165, 1.54) is 0 Å². The fourth-order valence-corrected chi connectivity index (χ4v) is 3.05. The van der Waals surface area contributed by atoms with E-state index in [0.717, 1.165) is 12.8 Å². The minimum Gasteiger partial charge on any atom is -0.491 e. The van der Waals surface area contributed by atoms with Crippen molar-refractivity contribution in [1.82, 2.24) is 4.90 Å². The summed E-state index contributed by atoms with van der Waals surface area (Å²) < 4.78 is 10.6. The van der Waals surface area contributed by atoms with Crippen molar-refractivity contribution in [3.63, 3.8) is 0 Å². The number of carbonyl (C=O) groups is 2. The summed E-state index contributed by atoms with van der Waals surface area (Å²) in [5, 5.41) is 0.730. The number of nitrogens with zero attached hydrogens (tertiary/aromatic N) is 1. The number of rotatable bonds is 6. The fourth-order valence-electron chi connectivity index (χ4n) is 2.70. The summed E-state index contributed by atoms with van der Waals surface area (Å²) in [4.78, 5) is 26.1. The number of hydrogen-bond donors (Lipinski definition) is 0. The molecule has 2 rings (SSSR count). The zero-order valence-corrected chi connectivity index (χ0v) is 15.1. The lowest BCUT2D eigenvalue weighted by molar-refractivity contribution is -0.156. The second-order valence-corrected chi connectivity index (χ2v) is 6.29. The molecule has 1 aliphatic rings.